The van der Waals surface area contributed by atoms with E-state index in [9.17, 15) is 19.7 Å². The Kier molecular flexibility index (Phi) is 5.64. The standard InChI is InChI=1S/C21H19N3O4/c1-2-16-5-3-4-6-19(16)22-21(26)17-9-12-20(25)23(14-17)13-15-7-10-18(11-8-15)24(27)28/h3-12,14H,2,13H2,1H3,(H,22,26). The first-order valence-corrected chi connectivity index (χ1v) is 8.81. The molecule has 0 saturated carbocycles. The number of aromatic nitrogens is 1. The van der Waals surface area contributed by atoms with E-state index >= 15 is 0 Å². The number of aryl methyl sites for hydroxylation is 1. The molecule has 0 fully saturated rings. The van der Waals surface area contributed by atoms with Gasteiger partial charge in [0, 0.05) is 30.1 Å². The minimum atomic E-state index is -0.477. The van der Waals surface area contributed by atoms with E-state index in [4.69, 9.17) is 0 Å². The van der Waals surface area contributed by atoms with E-state index in [0.717, 1.165) is 23.2 Å². The number of nitro groups is 1. The van der Waals surface area contributed by atoms with Crippen LogP contribution in [0.25, 0.3) is 0 Å². The van der Waals surface area contributed by atoms with Gasteiger partial charge in [0.25, 0.3) is 17.2 Å². The predicted octanol–water partition coefficient (Wildman–Crippen LogP) is 3.62. The molecule has 0 aliphatic heterocycles. The van der Waals surface area contributed by atoms with Crippen LogP contribution in [0, 0.1) is 10.1 Å². The lowest BCUT2D eigenvalue weighted by molar-refractivity contribution is -0.384. The summed E-state index contributed by atoms with van der Waals surface area (Å²) in [6.07, 6.45) is 2.28. The van der Waals surface area contributed by atoms with E-state index in [0.29, 0.717) is 5.56 Å². The van der Waals surface area contributed by atoms with E-state index in [-0.39, 0.29) is 23.7 Å². The molecule has 3 aromatic rings. The molecule has 7 heteroatoms. The van der Waals surface area contributed by atoms with Gasteiger partial charge in [0.15, 0.2) is 0 Å². The maximum atomic E-state index is 12.6. The number of hydrogen-bond donors (Lipinski definition) is 1. The van der Waals surface area contributed by atoms with Crippen LogP contribution in [-0.4, -0.2) is 15.4 Å². The summed E-state index contributed by atoms with van der Waals surface area (Å²) in [6.45, 7) is 2.22. The number of amides is 1. The third-order valence-corrected chi connectivity index (χ3v) is 4.39. The quantitative estimate of drug-likeness (QED) is 0.524. The number of hydrogen-bond acceptors (Lipinski definition) is 4. The number of nitro benzene ring substituents is 1. The topological polar surface area (TPSA) is 94.2 Å². The fourth-order valence-electron chi connectivity index (χ4n) is 2.85. The van der Waals surface area contributed by atoms with E-state index in [1.165, 1.54) is 35.0 Å². The Bertz CT molecular complexity index is 1070. The van der Waals surface area contributed by atoms with Crippen LogP contribution in [0.2, 0.25) is 0 Å². The van der Waals surface area contributed by atoms with Crippen LogP contribution in [0.3, 0.4) is 0 Å². The lowest BCUT2D eigenvalue weighted by Crippen LogP contribution is -2.22. The number of rotatable bonds is 6. The lowest BCUT2D eigenvalue weighted by Gasteiger charge is -2.11. The molecule has 0 aliphatic carbocycles. The minimum absolute atomic E-state index is 0.0150. The maximum Gasteiger partial charge on any atom is 0.269 e. The summed E-state index contributed by atoms with van der Waals surface area (Å²) in [5, 5.41) is 13.6. The molecule has 0 atom stereocenters. The van der Waals surface area contributed by atoms with Crippen molar-refractivity contribution in [3.63, 3.8) is 0 Å². The summed E-state index contributed by atoms with van der Waals surface area (Å²) < 4.78 is 1.40. The van der Waals surface area contributed by atoms with E-state index in [2.05, 4.69) is 5.32 Å². The highest BCUT2D eigenvalue weighted by Gasteiger charge is 2.11. The number of pyridine rings is 1. The third-order valence-electron chi connectivity index (χ3n) is 4.39. The first-order valence-electron chi connectivity index (χ1n) is 8.81. The van der Waals surface area contributed by atoms with Gasteiger partial charge in [0.2, 0.25) is 0 Å². The second-order valence-electron chi connectivity index (χ2n) is 6.27. The fourth-order valence-corrected chi connectivity index (χ4v) is 2.85. The van der Waals surface area contributed by atoms with Crippen molar-refractivity contribution in [1.29, 1.82) is 0 Å². The van der Waals surface area contributed by atoms with Crippen molar-refractivity contribution in [2.45, 2.75) is 19.9 Å². The van der Waals surface area contributed by atoms with Crippen LogP contribution in [0.15, 0.2) is 71.7 Å². The number of para-hydroxylation sites is 1. The molecule has 1 amide bonds. The zero-order valence-corrected chi connectivity index (χ0v) is 15.3. The SMILES string of the molecule is CCc1ccccc1NC(=O)c1ccc(=O)n(Cc2ccc([N+](=O)[O-])cc2)c1. The Morgan fingerprint density at radius 1 is 1.07 bits per heavy atom. The smallest absolute Gasteiger partial charge is 0.269 e. The number of benzene rings is 2. The van der Waals surface area contributed by atoms with Crippen LogP contribution in [-0.2, 0) is 13.0 Å². The van der Waals surface area contributed by atoms with E-state index in [1.807, 2.05) is 31.2 Å². The number of non-ortho nitro benzene ring substituents is 1. The monoisotopic (exact) mass is 377 g/mol. The van der Waals surface area contributed by atoms with Gasteiger partial charge < -0.3 is 9.88 Å². The van der Waals surface area contributed by atoms with Crippen LogP contribution in [0.5, 0.6) is 0 Å². The molecule has 1 heterocycles. The van der Waals surface area contributed by atoms with Gasteiger partial charge in [0.05, 0.1) is 17.0 Å². The molecule has 0 bridgehead atoms. The van der Waals surface area contributed by atoms with Crippen molar-refractivity contribution in [2.75, 3.05) is 5.32 Å². The largest absolute Gasteiger partial charge is 0.322 e. The minimum Gasteiger partial charge on any atom is -0.322 e. The molecule has 2 aromatic carbocycles. The second-order valence-corrected chi connectivity index (χ2v) is 6.27. The number of nitrogens with zero attached hydrogens (tertiary/aromatic N) is 2. The fraction of sp³-hybridized carbons (Fsp3) is 0.143. The number of nitrogens with one attached hydrogen (secondary N) is 1. The average molecular weight is 377 g/mol. The van der Waals surface area contributed by atoms with Gasteiger partial charge in [-0.15, -0.1) is 0 Å². The molecular weight excluding hydrogens is 358 g/mol. The molecular formula is C21H19N3O4. The number of carbonyl (C=O) groups is 1. The van der Waals surface area contributed by atoms with Crippen LogP contribution >= 0.6 is 0 Å². The average Bonchev–Trinajstić information content (AvgIpc) is 2.70. The zero-order valence-electron chi connectivity index (χ0n) is 15.3. The molecule has 28 heavy (non-hydrogen) atoms. The van der Waals surface area contributed by atoms with Gasteiger partial charge in [-0.05, 0) is 29.7 Å². The van der Waals surface area contributed by atoms with Gasteiger partial charge in [0.1, 0.15) is 0 Å². The predicted molar refractivity (Wildman–Crippen MR) is 107 cm³/mol. The molecule has 0 radical (unpaired) electrons. The van der Waals surface area contributed by atoms with Crippen molar-refractivity contribution in [1.82, 2.24) is 4.57 Å². The van der Waals surface area contributed by atoms with E-state index in [1.54, 1.807) is 12.1 Å². The van der Waals surface area contributed by atoms with E-state index < -0.39 is 4.92 Å². The van der Waals surface area contributed by atoms with Crippen molar-refractivity contribution >= 4 is 17.3 Å². The highest BCUT2D eigenvalue weighted by molar-refractivity contribution is 6.04. The van der Waals surface area contributed by atoms with Crippen molar-refractivity contribution in [3.05, 3.63) is 104 Å². The Morgan fingerprint density at radius 3 is 2.46 bits per heavy atom. The van der Waals surface area contributed by atoms with Crippen LogP contribution in [0.1, 0.15) is 28.4 Å². The summed E-state index contributed by atoms with van der Waals surface area (Å²) in [6, 6.07) is 16.3. The number of carbonyl (C=O) groups excluding carboxylic acids is 1. The van der Waals surface area contributed by atoms with Crippen LogP contribution in [0.4, 0.5) is 11.4 Å². The molecule has 142 valence electrons. The summed E-state index contributed by atoms with van der Waals surface area (Å²) in [5.41, 5.74) is 2.56. The summed E-state index contributed by atoms with van der Waals surface area (Å²) >= 11 is 0. The van der Waals surface area contributed by atoms with Gasteiger partial charge in [-0.25, -0.2) is 0 Å². The molecule has 1 N–H and O–H groups in total. The maximum absolute atomic E-state index is 12.6. The van der Waals surface area contributed by atoms with Crippen molar-refractivity contribution in [3.8, 4) is 0 Å². The van der Waals surface area contributed by atoms with Gasteiger partial charge in [-0.2, -0.15) is 0 Å². The summed E-state index contributed by atoms with van der Waals surface area (Å²) in [7, 11) is 0. The Labute approximate surface area is 161 Å². The molecule has 1 aromatic heterocycles. The van der Waals surface area contributed by atoms with Gasteiger partial charge in [-0.3, -0.25) is 19.7 Å². The Balaban J connectivity index is 1.81. The van der Waals surface area contributed by atoms with Gasteiger partial charge in [-0.1, -0.05) is 37.3 Å². The Morgan fingerprint density at radius 2 is 1.79 bits per heavy atom. The molecule has 0 aliphatic rings. The van der Waals surface area contributed by atoms with Crippen molar-refractivity contribution in [2.24, 2.45) is 0 Å². The molecule has 0 unspecified atom stereocenters. The Hall–Kier alpha value is -3.74. The zero-order chi connectivity index (χ0) is 20.1. The highest BCUT2D eigenvalue weighted by atomic mass is 16.6. The lowest BCUT2D eigenvalue weighted by atomic mass is 10.1. The normalized spacial score (nSPS) is 10.5. The highest BCUT2D eigenvalue weighted by Crippen LogP contribution is 2.17. The summed E-state index contributed by atoms with van der Waals surface area (Å²) in [4.78, 5) is 35.0. The first kappa shape index (κ1) is 19.0. The van der Waals surface area contributed by atoms with Gasteiger partial charge >= 0.3 is 0 Å². The molecule has 0 spiro atoms. The van der Waals surface area contributed by atoms with Crippen LogP contribution < -0.4 is 10.9 Å². The molecule has 7 nitrogen and oxygen atoms in total. The second kappa shape index (κ2) is 8.30. The molecule has 0 saturated heterocycles. The summed E-state index contributed by atoms with van der Waals surface area (Å²) in [5.74, 6) is -0.307. The third kappa shape index (κ3) is 4.32. The first-order chi connectivity index (χ1) is 13.5. The molecule has 3 rings (SSSR count). The number of anilines is 1. The van der Waals surface area contributed by atoms with Crippen molar-refractivity contribution < 1.29 is 9.72 Å².